The van der Waals surface area contributed by atoms with Crippen LogP contribution in [0, 0.1) is 6.92 Å². The first-order valence-corrected chi connectivity index (χ1v) is 5.41. The lowest BCUT2D eigenvalue weighted by molar-refractivity contribution is -0.138. The van der Waals surface area contributed by atoms with Gasteiger partial charge < -0.3 is 9.09 Å². The minimum atomic E-state index is -4.59. The predicted octanol–water partition coefficient (Wildman–Crippen LogP) is 2.26. The van der Waals surface area contributed by atoms with Crippen LogP contribution in [0.2, 0.25) is 5.02 Å². The molecule has 102 valence electrons. The molecule has 0 saturated carbocycles. The number of hydrogen-bond acceptors (Lipinski definition) is 4. The van der Waals surface area contributed by atoms with E-state index in [2.05, 4.69) is 10.1 Å². The highest BCUT2D eigenvalue weighted by molar-refractivity contribution is 6.30. The van der Waals surface area contributed by atoms with Gasteiger partial charge in [0.1, 0.15) is 11.6 Å². The SMILES string of the molecule is Cc1noc(Cn2cc(C(F)(F)F)cc(Cl)c2=O)n1. The van der Waals surface area contributed by atoms with Crippen molar-refractivity contribution in [3.63, 3.8) is 0 Å². The van der Waals surface area contributed by atoms with Crippen molar-refractivity contribution in [3.05, 3.63) is 44.9 Å². The maximum Gasteiger partial charge on any atom is 0.417 e. The number of halogens is 4. The van der Waals surface area contributed by atoms with Gasteiger partial charge in [0.15, 0.2) is 5.82 Å². The largest absolute Gasteiger partial charge is 0.417 e. The average Bonchev–Trinajstić information content (AvgIpc) is 2.69. The van der Waals surface area contributed by atoms with Gasteiger partial charge in [0.2, 0.25) is 5.89 Å². The Labute approximate surface area is 109 Å². The first kappa shape index (κ1) is 13.6. The molecule has 2 rings (SSSR count). The molecule has 2 aromatic rings. The van der Waals surface area contributed by atoms with Gasteiger partial charge in [-0.05, 0) is 13.0 Å². The number of hydrogen-bond donors (Lipinski definition) is 0. The van der Waals surface area contributed by atoms with Gasteiger partial charge in [-0.1, -0.05) is 16.8 Å². The molecule has 0 bridgehead atoms. The lowest BCUT2D eigenvalue weighted by atomic mass is 10.2. The fourth-order valence-corrected chi connectivity index (χ4v) is 1.65. The van der Waals surface area contributed by atoms with Crippen molar-refractivity contribution in [1.29, 1.82) is 0 Å². The monoisotopic (exact) mass is 293 g/mol. The normalized spacial score (nSPS) is 11.8. The van der Waals surface area contributed by atoms with Crippen molar-refractivity contribution in [2.75, 3.05) is 0 Å². The lowest BCUT2D eigenvalue weighted by Crippen LogP contribution is -2.23. The van der Waals surface area contributed by atoms with E-state index in [1.54, 1.807) is 6.92 Å². The zero-order chi connectivity index (χ0) is 14.2. The number of aromatic nitrogens is 3. The van der Waals surface area contributed by atoms with Crippen molar-refractivity contribution in [3.8, 4) is 0 Å². The Kier molecular flexibility index (Phi) is 3.36. The summed E-state index contributed by atoms with van der Waals surface area (Å²) in [6.45, 7) is 1.28. The maximum atomic E-state index is 12.6. The lowest BCUT2D eigenvalue weighted by Gasteiger charge is -2.10. The van der Waals surface area contributed by atoms with Crippen LogP contribution in [0.4, 0.5) is 13.2 Å². The van der Waals surface area contributed by atoms with Crippen LogP contribution >= 0.6 is 11.6 Å². The van der Waals surface area contributed by atoms with Crippen LogP contribution in [-0.2, 0) is 12.7 Å². The molecule has 0 radical (unpaired) electrons. The molecule has 19 heavy (non-hydrogen) atoms. The highest BCUT2D eigenvalue weighted by atomic mass is 35.5. The molecule has 0 unspecified atom stereocenters. The molecule has 0 saturated heterocycles. The Morgan fingerprint density at radius 2 is 2.16 bits per heavy atom. The summed E-state index contributed by atoms with van der Waals surface area (Å²) in [6.07, 6.45) is -3.93. The molecule has 0 N–H and O–H groups in total. The summed E-state index contributed by atoms with van der Waals surface area (Å²) in [5.74, 6) is 0.344. The second kappa shape index (κ2) is 4.69. The highest BCUT2D eigenvalue weighted by Gasteiger charge is 2.32. The molecule has 0 aromatic carbocycles. The number of alkyl halides is 3. The van der Waals surface area contributed by atoms with Crippen molar-refractivity contribution >= 4 is 11.6 Å². The third kappa shape index (κ3) is 2.95. The van der Waals surface area contributed by atoms with E-state index in [0.29, 0.717) is 18.1 Å². The van der Waals surface area contributed by atoms with Crippen LogP contribution in [-0.4, -0.2) is 14.7 Å². The van der Waals surface area contributed by atoms with Gasteiger partial charge in [-0.2, -0.15) is 18.2 Å². The molecule has 2 heterocycles. The van der Waals surface area contributed by atoms with Crippen LogP contribution < -0.4 is 5.56 Å². The molecule has 0 aliphatic carbocycles. The van der Waals surface area contributed by atoms with Gasteiger partial charge >= 0.3 is 6.18 Å². The Bertz CT molecular complexity index is 663. The molecular formula is C10H7ClF3N3O2. The summed E-state index contributed by atoms with van der Waals surface area (Å²) in [5, 5.41) is 2.96. The van der Waals surface area contributed by atoms with Gasteiger partial charge in [-0.3, -0.25) is 4.79 Å². The topological polar surface area (TPSA) is 60.9 Å². The maximum absolute atomic E-state index is 12.6. The number of nitrogens with zero attached hydrogens (tertiary/aromatic N) is 3. The standard InChI is InChI=1S/C10H7ClF3N3O2/c1-5-15-8(19-16-5)4-17-3-6(10(12,13)14)2-7(11)9(17)18/h2-3H,4H2,1H3. The first-order valence-electron chi connectivity index (χ1n) is 5.04. The number of aryl methyl sites for hydroxylation is 1. The summed E-state index contributed by atoms with van der Waals surface area (Å²) < 4.78 is 43.3. The van der Waals surface area contributed by atoms with Crippen molar-refractivity contribution < 1.29 is 17.7 Å². The quantitative estimate of drug-likeness (QED) is 0.852. The van der Waals surface area contributed by atoms with Gasteiger partial charge in [0, 0.05) is 6.20 Å². The van der Waals surface area contributed by atoms with Crippen LogP contribution in [0.5, 0.6) is 0 Å². The highest BCUT2D eigenvalue weighted by Crippen LogP contribution is 2.29. The molecule has 0 aliphatic heterocycles. The van der Waals surface area contributed by atoms with Gasteiger partial charge in [-0.25, -0.2) is 0 Å². The fourth-order valence-electron chi connectivity index (χ4n) is 1.42. The average molecular weight is 294 g/mol. The Hall–Kier alpha value is -1.83. The molecule has 5 nitrogen and oxygen atoms in total. The summed E-state index contributed by atoms with van der Waals surface area (Å²) in [4.78, 5) is 15.4. The van der Waals surface area contributed by atoms with Gasteiger partial charge in [-0.15, -0.1) is 0 Å². The van der Waals surface area contributed by atoms with Crippen molar-refractivity contribution in [2.45, 2.75) is 19.6 Å². The fraction of sp³-hybridized carbons (Fsp3) is 0.300. The third-order valence-corrected chi connectivity index (χ3v) is 2.52. The van der Waals surface area contributed by atoms with E-state index in [9.17, 15) is 18.0 Å². The second-order valence-electron chi connectivity index (χ2n) is 3.74. The Balaban J connectivity index is 2.45. The van der Waals surface area contributed by atoms with Gasteiger partial charge in [0.05, 0.1) is 5.56 Å². The Morgan fingerprint density at radius 3 is 2.68 bits per heavy atom. The van der Waals surface area contributed by atoms with Crippen LogP contribution in [0.25, 0.3) is 0 Å². The Morgan fingerprint density at radius 1 is 1.47 bits per heavy atom. The van der Waals surface area contributed by atoms with E-state index in [1.807, 2.05) is 0 Å². The van der Waals surface area contributed by atoms with E-state index >= 15 is 0 Å². The minimum absolute atomic E-state index is 0.0231. The van der Waals surface area contributed by atoms with E-state index in [0.717, 1.165) is 4.57 Å². The molecule has 0 atom stereocenters. The van der Waals surface area contributed by atoms with Crippen LogP contribution in [0.3, 0.4) is 0 Å². The zero-order valence-corrected chi connectivity index (χ0v) is 10.3. The van der Waals surface area contributed by atoms with Gasteiger partial charge in [0.25, 0.3) is 5.56 Å². The van der Waals surface area contributed by atoms with E-state index in [-0.39, 0.29) is 12.4 Å². The van der Waals surface area contributed by atoms with E-state index in [4.69, 9.17) is 16.1 Å². The number of pyridine rings is 1. The molecular weight excluding hydrogens is 287 g/mol. The third-order valence-electron chi connectivity index (χ3n) is 2.24. The molecule has 0 spiro atoms. The molecule has 0 fully saturated rings. The predicted molar refractivity (Wildman–Crippen MR) is 58.9 cm³/mol. The second-order valence-corrected chi connectivity index (χ2v) is 4.15. The summed E-state index contributed by atoms with van der Waals surface area (Å²) >= 11 is 5.50. The molecule has 0 amide bonds. The molecule has 0 aliphatic rings. The molecule has 9 heteroatoms. The van der Waals surface area contributed by atoms with E-state index in [1.165, 1.54) is 0 Å². The van der Waals surface area contributed by atoms with E-state index < -0.39 is 22.3 Å². The first-order chi connectivity index (χ1) is 8.77. The van der Waals surface area contributed by atoms with Crippen molar-refractivity contribution in [2.24, 2.45) is 0 Å². The van der Waals surface area contributed by atoms with Crippen LogP contribution in [0.15, 0.2) is 21.6 Å². The summed E-state index contributed by atoms with van der Waals surface area (Å²) in [7, 11) is 0. The molecule has 2 aromatic heterocycles. The van der Waals surface area contributed by atoms with Crippen molar-refractivity contribution in [1.82, 2.24) is 14.7 Å². The minimum Gasteiger partial charge on any atom is -0.337 e. The summed E-state index contributed by atoms with van der Waals surface area (Å²) in [6, 6.07) is 0.583. The smallest absolute Gasteiger partial charge is 0.337 e. The summed E-state index contributed by atoms with van der Waals surface area (Å²) in [5.41, 5.74) is -1.78. The number of rotatable bonds is 2. The zero-order valence-electron chi connectivity index (χ0n) is 9.53. The van der Waals surface area contributed by atoms with Crippen LogP contribution in [0.1, 0.15) is 17.3 Å².